The second-order valence-electron chi connectivity index (χ2n) is 15.7. The number of aliphatic hydroxyl groups excluding tert-OH is 2. The van der Waals surface area contributed by atoms with Gasteiger partial charge in [0.25, 0.3) is 6.79 Å². The van der Waals surface area contributed by atoms with Crippen LogP contribution >= 0.6 is 0 Å². The third kappa shape index (κ3) is 11.0. The predicted octanol–water partition coefficient (Wildman–Crippen LogP) is 3.28. The van der Waals surface area contributed by atoms with Gasteiger partial charge >= 0.3 is 11.9 Å². The maximum absolute atomic E-state index is 13.6. The molecule has 0 saturated carbocycles. The van der Waals surface area contributed by atoms with Crippen LogP contribution in [0.3, 0.4) is 0 Å². The summed E-state index contributed by atoms with van der Waals surface area (Å²) in [7, 11) is 5.27. The fourth-order valence-electron chi connectivity index (χ4n) is 7.76. The number of oxime groups is 1. The minimum atomic E-state index is -1.96. The van der Waals surface area contributed by atoms with Crippen LogP contribution in [-0.2, 0) is 33.4 Å². The van der Waals surface area contributed by atoms with Gasteiger partial charge in [-0.05, 0) is 85.3 Å². The first-order valence-corrected chi connectivity index (χ1v) is 18.8. The first-order valence-electron chi connectivity index (χ1n) is 18.8. The summed E-state index contributed by atoms with van der Waals surface area (Å²) in [4.78, 5) is 33.4. The smallest absolute Gasteiger partial charge is 0.311 e. The van der Waals surface area contributed by atoms with Crippen molar-refractivity contribution in [3.8, 4) is 11.5 Å². The number of hydrogen-bond donors (Lipinski definition) is 4. The van der Waals surface area contributed by atoms with E-state index < -0.39 is 83.6 Å². The van der Waals surface area contributed by atoms with Gasteiger partial charge in [0, 0.05) is 24.7 Å². The molecule has 14 atom stereocenters. The highest BCUT2D eigenvalue weighted by molar-refractivity contribution is 5.88. The summed E-state index contributed by atoms with van der Waals surface area (Å²) < 4.78 is 35.3. The second kappa shape index (κ2) is 19.2. The number of rotatable bonds is 10. The largest absolute Gasteiger partial charge is 0.497 e. The number of hydrogen-bond acceptors (Lipinski definition) is 15. The van der Waals surface area contributed by atoms with E-state index in [1.165, 1.54) is 20.8 Å². The Bertz CT molecular complexity index is 1390. The lowest BCUT2D eigenvalue weighted by atomic mass is 9.73. The zero-order valence-corrected chi connectivity index (χ0v) is 33.9. The third-order valence-electron chi connectivity index (χ3n) is 10.9. The number of carbonyl (C=O) groups excluding carboxylic acids is 2. The minimum absolute atomic E-state index is 0.0525. The fourth-order valence-corrected chi connectivity index (χ4v) is 7.76. The van der Waals surface area contributed by atoms with Gasteiger partial charge in [0.1, 0.15) is 23.2 Å². The van der Waals surface area contributed by atoms with Crippen LogP contribution in [0.4, 0.5) is 0 Å². The van der Waals surface area contributed by atoms with Crippen molar-refractivity contribution in [3.63, 3.8) is 0 Å². The third-order valence-corrected chi connectivity index (χ3v) is 10.9. The first-order chi connectivity index (χ1) is 25.2. The lowest BCUT2D eigenvalue weighted by Gasteiger charge is -2.47. The molecule has 2 saturated heterocycles. The van der Waals surface area contributed by atoms with Crippen LogP contribution in [0.1, 0.15) is 81.6 Å². The molecule has 2 aliphatic rings. The van der Waals surface area contributed by atoms with Crippen molar-refractivity contribution in [1.29, 1.82) is 0 Å². The normalized spacial score (nSPS) is 39.4. The Kier molecular flexibility index (Phi) is 16.1. The van der Waals surface area contributed by atoms with Crippen LogP contribution < -0.4 is 9.47 Å². The Balaban J connectivity index is 2.09. The summed E-state index contributed by atoms with van der Waals surface area (Å²) in [6.45, 7) is 14.1. The quantitative estimate of drug-likeness (QED) is 0.117. The number of carbonyl (C=O) groups is 2. The van der Waals surface area contributed by atoms with Crippen LogP contribution in [0.2, 0.25) is 0 Å². The van der Waals surface area contributed by atoms with E-state index in [1.807, 2.05) is 25.9 Å². The van der Waals surface area contributed by atoms with Crippen LogP contribution in [0, 0.1) is 23.7 Å². The van der Waals surface area contributed by atoms with Gasteiger partial charge < -0.3 is 58.6 Å². The number of cyclic esters (lactones) is 1. The molecule has 0 amide bonds. The summed E-state index contributed by atoms with van der Waals surface area (Å²) >= 11 is 0. The minimum Gasteiger partial charge on any atom is -0.497 e. The molecule has 0 bridgehead atoms. The lowest BCUT2D eigenvalue weighted by Crippen LogP contribution is -2.60. The van der Waals surface area contributed by atoms with Gasteiger partial charge in [-0.15, -0.1) is 0 Å². The molecule has 3 rings (SSSR count). The molecule has 2 heterocycles. The van der Waals surface area contributed by atoms with E-state index in [0.717, 1.165) is 0 Å². The van der Waals surface area contributed by atoms with Crippen molar-refractivity contribution in [2.75, 3.05) is 28.0 Å². The molecular weight excluding hydrogens is 704 g/mol. The van der Waals surface area contributed by atoms with Gasteiger partial charge in [0.05, 0.1) is 54.8 Å². The highest BCUT2D eigenvalue weighted by atomic mass is 16.7. The monoisotopic (exact) mass is 768 g/mol. The van der Waals surface area contributed by atoms with Crippen molar-refractivity contribution in [2.24, 2.45) is 28.8 Å². The highest BCUT2D eigenvalue weighted by Gasteiger charge is 2.51. The second-order valence-corrected chi connectivity index (χ2v) is 15.7. The molecule has 14 unspecified atom stereocenters. The van der Waals surface area contributed by atoms with Crippen molar-refractivity contribution >= 4 is 17.7 Å². The van der Waals surface area contributed by atoms with Crippen LogP contribution in [0.15, 0.2) is 29.4 Å². The van der Waals surface area contributed by atoms with E-state index >= 15 is 0 Å². The molecule has 15 nitrogen and oxygen atoms in total. The molecule has 4 N–H and O–H groups in total. The van der Waals surface area contributed by atoms with E-state index in [4.69, 9.17) is 33.3 Å². The van der Waals surface area contributed by atoms with Gasteiger partial charge in [-0.3, -0.25) is 9.59 Å². The number of ether oxygens (including phenoxy) is 6. The molecule has 0 aliphatic carbocycles. The van der Waals surface area contributed by atoms with Crippen LogP contribution in [0.25, 0.3) is 0 Å². The van der Waals surface area contributed by atoms with E-state index in [9.17, 15) is 30.0 Å². The van der Waals surface area contributed by atoms with E-state index in [-0.39, 0.29) is 37.5 Å². The molecule has 0 radical (unpaired) electrons. The molecule has 1 aromatic carbocycles. The number of nitrogens with zero attached hydrogens (tertiary/aromatic N) is 2. The molecule has 1 aromatic rings. The summed E-state index contributed by atoms with van der Waals surface area (Å²) in [5, 5.41) is 52.0. The van der Waals surface area contributed by atoms with Crippen LogP contribution in [0.5, 0.6) is 11.5 Å². The Morgan fingerprint density at radius 3 is 2.19 bits per heavy atom. The number of esters is 2. The molecule has 308 valence electrons. The Hall–Kier alpha value is -3.05. The van der Waals surface area contributed by atoms with Gasteiger partial charge in [0.15, 0.2) is 12.4 Å². The van der Waals surface area contributed by atoms with E-state index in [2.05, 4.69) is 5.16 Å². The molecular formula is C39H64N2O13. The van der Waals surface area contributed by atoms with Gasteiger partial charge in [0.2, 0.25) is 0 Å². The summed E-state index contributed by atoms with van der Waals surface area (Å²) in [5.41, 5.74) is -3.46. The molecule has 15 heteroatoms. The SMILES string of the molecule is CCC1OC(=O)C(C)C(O)C(C)C(OC2OC(C)CC(N(C)C)C2OC(C)=O)C(C)(O)CC(C)C(=NOCOc2ccc(OC)cc2)C(C)C(O)C1(C)O. The fraction of sp³-hybridized carbons (Fsp3) is 0.769. The van der Waals surface area contributed by atoms with Crippen LogP contribution in [-0.4, -0.2) is 131 Å². The molecule has 2 fully saturated rings. The summed E-state index contributed by atoms with van der Waals surface area (Å²) in [5.74, 6) is -3.80. The number of likely N-dealkylation sites (N-methyl/N-ethyl adjacent to an activating group) is 1. The Morgan fingerprint density at radius 2 is 1.63 bits per heavy atom. The summed E-state index contributed by atoms with van der Waals surface area (Å²) in [6, 6.07) is 6.56. The number of benzene rings is 1. The molecule has 0 spiro atoms. The van der Waals surface area contributed by atoms with Crippen molar-refractivity contribution in [3.05, 3.63) is 24.3 Å². The molecule has 54 heavy (non-hydrogen) atoms. The summed E-state index contributed by atoms with van der Waals surface area (Å²) in [6.07, 6.45) is -7.03. The maximum Gasteiger partial charge on any atom is 0.311 e. The topological polar surface area (TPSA) is 195 Å². The van der Waals surface area contributed by atoms with Crippen molar-refractivity contribution in [2.45, 2.75) is 142 Å². The highest BCUT2D eigenvalue weighted by Crippen LogP contribution is 2.38. The lowest BCUT2D eigenvalue weighted by molar-refractivity contribution is -0.301. The van der Waals surface area contributed by atoms with E-state index in [0.29, 0.717) is 17.9 Å². The Labute approximate surface area is 319 Å². The maximum atomic E-state index is 13.6. The number of aliphatic hydroxyl groups is 4. The number of methoxy groups -OCH3 is 1. The predicted molar refractivity (Wildman–Crippen MR) is 199 cm³/mol. The van der Waals surface area contributed by atoms with E-state index in [1.54, 1.807) is 66.0 Å². The first kappa shape index (κ1) is 45.3. The standard InChI is InChI=1S/C39H64N2O13/c1-13-30-39(9,47)34(44)23(4)31(40-50-20-49-28-16-14-27(48-12)15-17-28)21(2)19-38(8,46)35(24(5)32(43)25(6)36(45)53-30)54-37-33(52-26(7)42)29(41(10)11)18-22(3)51-37/h14-17,21-25,29-30,32-35,37,43-44,46-47H,13,18-20H2,1-12H3. The average Bonchev–Trinajstić information content (AvgIpc) is 3.11. The van der Waals surface area contributed by atoms with Gasteiger partial charge in [-0.1, -0.05) is 32.9 Å². The zero-order chi connectivity index (χ0) is 40.7. The molecule has 2 aliphatic heterocycles. The van der Waals surface area contributed by atoms with Gasteiger partial charge in [-0.25, -0.2) is 0 Å². The zero-order valence-electron chi connectivity index (χ0n) is 33.9. The molecule has 0 aromatic heterocycles. The average molecular weight is 769 g/mol. The van der Waals surface area contributed by atoms with Gasteiger partial charge in [-0.2, -0.15) is 0 Å². The van der Waals surface area contributed by atoms with Crippen molar-refractivity contribution in [1.82, 2.24) is 4.90 Å². The van der Waals surface area contributed by atoms with Crippen molar-refractivity contribution < 1.29 is 63.3 Å². The Morgan fingerprint density at radius 1 is 1.02 bits per heavy atom.